The third kappa shape index (κ3) is 7.17. The van der Waals surface area contributed by atoms with Crippen LogP contribution >= 0.6 is 0 Å². The zero-order chi connectivity index (χ0) is 44.6. The predicted octanol–water partition coefficient (Wildman–Crippen LogP) is 16.5. The van der Waals surface area contributed by atoms with E-state index in [2.05, 4.69) is 240 Å². The van der Waals surface area contributed by atoms with Gasteiger partial charge in [0.15, 0.2) is 0 Å². The molecule has 12 rings (SSSR count). The van der Waals surface area contributed by atoms with Crippen molar-refractivity contribution in [2.75, 3.05) is 0 Å². The first-order valence-electron chi connectivity index (χ1n) is 22.9. The van der Waals surface area contributed by atoms with Gasteiger partial charge < -0.3 is 0 Å². The first-order valence-corrected chi connectivity index (χ1v) is 22.9. The van der Waals surface area contributed by atoms with E-state index in [1.807, 2.05) is 36.9 Å². The molecule has 11 aromatic rings. The van der Waals surface area contributed by atoms with E-state index in [-0.39, 0.29) is 0 Å². The van der Waals surface area contributed by atoms with Crippen LogP contribution < -0.4 is 0 Å². The molecular formula is C65H44N2. The van der Waals surface area contributed by atoms with E-state index in [1.54, 1.807) is 0 Å². The molecule has 0 saturated heterocycles. The molecule has 0 aliphatic heterocycles. The minimum atomic E-state index is -0.498. The number of pyridine rings is 2. The van der Waals surface area contributed by atoms with Crippen LogP contribution in [0.2, 0.25) is 0 Å². The van der Waals surface area contributed by atoms with Gasteiger partial charge in [-0.25, -0.2) is 0 Å². The summed E-state index contributed by atoms with van der Waals surface area (Å²) in [5.41, 5.74) is 23.3. The Morgan fingerprint density at radius 3 is 1.04 bits per heavy atom. The average Bonchev–Trinajstić information content (AvgIpc) is 3.73. The molecular weight excluding hydrogens is 809 g/mol. The Kier molecular flexibility index (Phi) is 10.1. The van der Waals surface area contributed by atoms with Crippen LogP contribution in [0.4, 0.5) is 0 Å². The summed E-state index contributed by atoms with van der Waals surface area (Å²) in [6, 6.07) is 89.0. The Hall–Kier alpha value is -8.72. The van der Waals surface area contributed by atoms with Gasteiger partial charge in [-0.15, -0.1) is 0 Å². The standard InChI is InChI=1S/C65H44N2/c1-3-26-58(27-4-1)65(59-28-5-2-6-29-59)62-32-8-7-30-61(62)64-60(31-13-33-63(64)65)57-41-55(51-22-11-18-47(38-51)45-16-9-20-49(36-45)53-24-14-34-66-43-53)40-56(42-57)52-23-12-19-48(39-52)46-17-10-21-50(37-46)54-25-15-35-67-44-54/h1-44H. The monoisotopic (exact) mass is 852 g/mol. The molecule has 0 amide bonds. The molecule has 9 aromatic carbocycles. The number of benzene rings is 9. The maximum Gasteiger partial charge on any atom is 0.0713 e. The molecule has 314 valence electrons. The fourth-order valence-electron chi connectivity index (χ4n) is 10.4. The van der Waals surface area contributed by atoms with Crippen LogP contribution in [0.3, 0.4) is 0 Å². The highest BCUT2D eigenvalue weighted by Gasteiger charge is 2.46. The van der Waals surface area contributed by atoms with E-state index in [9.17, 15) is 0 Å². The van der Waals surface area contributed by atoms with Crippen molar-refractivity contribution in [1.29, 1.82) is 0 Å². The van der Waals surface area contributed by atoms with Crippen molar-refractivity contribution in [3.05, 3.63) is 290 Å². The first kappa shape index (κ1) is 39.8. The third-order valence-electron chi connectivity index (χ3n) is 13.5. The Morgan fingerprint density at radius 1 is 0.239 bits per heavy atom. The summed E-state index contributed by atoms with van der Waals surface area (Å²) in [5, 5.41) is 0. The average molecular weight is 853 g/mol. The van der Waals surface area contributed by atoms with E-state index in [1.165, 1.54) is 44.5 Å². The molecule has 2 heterocycles. The normalized spacial score (nSPS) is 12.3. The number of aromatic nitrogens is 2. The largest absolute Gasteiger partial charge is 0.264 e. The molecule has 67 heavy (non-hydrogen) atoms. The summed E-state index contributed by atoms with van der Waals surface area (Å²) >= 11 is 0. The summed E-state index contributed by atoms with van der Waals surface area (Å²) in [6.07, 6.45) is 7.50. The molecule has 2 heteroatoms. The van der Waals surface area contributed by atoms with Gasteiger partial charge in [-0.2, -0.15) is 0 Å². The number of fused-ring (bicyclic) bond motifs is 3. The van der Waals surface area contributed by atoms with E-state index >= 15 is 0 Å². The number of hydrogen-bond donors (Lipinski definition) is 0. The quantitative estimate of drug-likeness (QED) is 0.145. The lowest BCUT2D eigenvalue weighted by atomic mass is 9.67. The molecule has 2 nitrogen and oxygen atoms in total. The highest BCUT2D eigenvalue weighted by molar-refractivity contribution is 5.97. The minimum absolute atomic E-state index is 0.498. The summed E-state index contributed by atoms with van der Waals surface area (Å²) in [4.78, 5) is 8.79. The Labute approximate surface area is 392 Å². The third-order valence-corrected chi connectivity index (χ3v) is 13.5. The maximum atomic E-state index is 4.39. The Bertz CT molecular complexity index is 3380. The highest BCUT2D eigenvalue weighted by Crippen LogP contribution is 2.58. The number of nitrogens with zero attached hydrogens (tertiary/aromatic N) is 2. The molecule has 0 bridgehead atoms. The lowest BCUT2D eigenvalue weighted by Gasteiger charge is -2.34. The molecule has 0 saturated carbocycles. The number of hydrogen-bond acceptors (Lipinski definition) is 2. The molecule has 1 aliphatic carbocycles. The van der Waals surface area contributed by atoms with Gasteiger partial charge in [0.2, 0.25) is 0 Å². The van der Waals surface area contributed by atoms with Crippen molar-refractivity contribution >= 4 is 0 Å². The SMILES string of the molecule is c1ccc(C2(c3ccccc3)c3ccccc3-c3c(-c4cc(-c5cccc(-c6cccc(-c7cccnc7)c6)c5)cc(-c5cccc(-c6cccc(-c7cccnc7)c6)c5)c4)cccc32)cc1. The second-order valence-corrected chi connectivity index (χ2v) is 17.4. The smallest absolute Gasteiger partial charge is 0.0713 e. The van der Waals surface area contributed by atoms with Crippen molar-refractivity contribution in [3.63, 3.8) is 0 Å². The fraction of sp³-hybridized carbons (Fsp3) is 0.0154. The van der Waals surface area contributed by atoms with Crippen LogP contribution in [0.15, 0.2) is 267 Å². The summed E-state index contributed by atoms with van der Waals surface area (Å²) < 4.78 is 0. The van der Waals surface area contributed by atoms with Gasteiger partial charge >= 0.3 is 0 Å². The van der Waals surface area contributed by atoms with Crippen LogP contribution in [0.5, 0.6) is 0 Å². The van der Waals surface area contributed by atoms with Crippen molar-refractivity contribution in [2.45, 2.75) is 5.41 Å². The molecule has 2 aromatic heterocycles. The van der Waals surface area contributed by atoms with Crippen molar-refractivity contribution in [3.8, 4) is 89.0 Å². The molecule has 0 radical (unpaired) electrons. The topological polar surface area (TPSA) is 25.8 Å². The predicted molar refractivity (Wildman–Crippen MR) is 277 cm³/mol. The molecule has 0 atom stereocenters. The summed E-state index contributed by atoms with van der Waals surface area (Å²) in [5.74, 6) is 0. The molecule has 0 N–H and O–H groups in total. The van der Waals surface area contributed by atoms with Crippen molar-refractivity contribution < 1.29 is 0 Å². The molecule has 0 spiro atoms. The van der Waals surface area contributed by atoms with E-state index in [0.717, 1.165) is 66.8 Å². The van der Waals surface area contributed by atoms with Gasteiger partial charge in [0.25, 0.3) is 0 Å². The van der Waals surface area contributed by atoms with Crippen LogP contribution in [0, 0.1) is 0 Å². The lowest BCUT2D eigenvalue weighted by molar-refractivity contribution is 0.768. The van der Waals surface area contributed by atoms with Gasteiger partial charge in [0, 0.05) is 35.9 Å². The Balaban J connectivity index is 1.06. The van der Waals surface area contributed by atoms with Crippen LogP contribution in [-0.2, 0) is 5.41 Å². The van der Waals surface area contributed by atoms with Gasteiger partial charge in [-0.1, -0.05) is 188 Å². The van der Waals surface area contributed by atoms with Gasteiger partial charge in [0.05, 0.1) is 5.41 Å². The lowest BCUT2D eigenvalue weighted by Crippen LogP contribution is -2.28. The first-order chi connectivity index (χ1) is 33.2. The second-order valence-electron chi connectivity index (χ2n) is 17.4. The second kappa shape index (κ2) is 17.0. The minimum Gasteiger partial charge on any atom is -0.264 e. The molecule has 1 aliphatic rings. The van der Waals surface area contributed by atoms with Crippen molar-refractivity contribution in [2.24, 2.45) is 0 Å². The highest BCUT2D eigenvalue weighted by atomic mass is 14.6. The van der Waals surface area contributed by atoms with Crippen LogP contribution in [0.25, 0.3) is 89.0 Å². The van der Waals surface area contributed by atoms with Gasteiger partial charge in [-0.05, 0) is 155 Å². The van der Waals surface area contributed by atoms with E-state index in [0.29, 0.717) is 0 Å². The molecule has 0 unspecified atom stereocenters. The zero-order valence-electron chi connectivity index (χ0n) is 36.8. The van der Waals surface area contributed by atoms with Crippen molar-refractivity contribution in [1.82, 2.24) is 9.97 Å². The van der Waals surface area contributed by atoms with E-state index < -0.39 is 5.41 Å². The number of rotatable bonds is 9. The van der Waals surface area contributed by atoms with Crippen LogP contribution in [-0.4, -0.2) is 9.97 Å². The molecule has 0 fully saturated rings. The van der Waals surface area contributed by atoms with Gasteiger partial charge in [-0.3, -0.25) is 9.97 Å². The van der Waals surface area contributed by atoms with Gasteiger partial charge in [0.1, 0.15) is 0 Å². The summed E-state index contributed by atoms with van der Waals surface area (Å²) in [7, 11) is 0. The Morgan fingerprint density at radius 2 is 0.582 bits per heavy atom. The zero-order valence-corrected chi connectivity index (χ0v) is 36.8. The summed E-state index contributed by atoms with van der Waals surface area (Å²) in [6.45, 7) is 0. The fourth-order valence-corrected chi connectivity index (χ4v) is 10.4. The maximum absolute atomic E-state index is 4.39. The van der Waals surface area contributed by atoms with E-state index in [4.69, 9.17) is 0 Å². The van der Waals surface area contributed by atoms with Crippen LogP contribution in [0.1, 0.15) is 22.3 Å².